The van der Waals surface area contributed by atoms with Crippen molar-refractivity contribution in [2.75, 3.05) is 0 Å². The van der Waals surface area contributed by atoms with Crippen molar-refractivity contribution >= 4 is 66.9 Å². The third-order valence-corrected chi connectivity index (χ3v) is 0. The summed E-state index contributed by atoms with van der Waals surface area (Å²) in [6.45, 7) is 0. The zero-order chi connectivity index (χ0) is 4.50. The molecule has 0 atom stereocenters. The van der Waals surface area contributed by atoms with Gasteiger partial charge in [-0.05, 0) is 0 Å². The van der Waals surface area contributed by atoms with Crippen molar-refractivity contribution in [1.82, 2.24) is 0 Å². The van der Waals surface area contributed by atoms with Crippen molar-refractivity contribution in [2.45, 2.75) is 0 Å². The zero-order valence-electron chi connectivity index (χ0n) is 3.20. The molecule has 0 amide bonds. The van der Waals surface area contributed by atoms with Gasteiger partial charge in [-0.1, -0.05) is 0 Å². The molecule has 4 nitrogen and oxygen atoms in total. The molecule has 0 aromatic carbocycles. The van der Waals surface area contributed by atoms with Gasteiger partial charge in [-0.2, -0.15) is 0 Å². The third kappa shape index (κ3) is 68.0. The molecule has 0 aromatic heterocycles. The van der Waals surface area contributed by atoms with Gasteiger partial charge in [-0.15, -0.1) is 0 Å². The average molecular weight is 147 g/mol. The number of rotatable bonds is 0. The molecule has 0 heterocycles. The minimum atomic E-state index is -4.64. The van der Waals surface area contributed by atoms with Gasteiger partial charge in [0.1, 0.15) is 0 Å². The van der Waals surface area contributed by atoms with Crippen molar-refractivity contribution in [3.05, 3.63) is 0 Å². The Kier molecular flexibility index (Phi) is 14.3. The first kappa shape index (κ1) is 16.1. The van der Waals surface area contributed by atoms with Crippen LogP contribution in [0, 0.1) is 0 Å². The van der Waals surface area contributed by atoms with Crippen molar-refractivity contribution in [3.8, 4) is 0 Å². The fourth-order valence-electron chi connectivity index (χ4n) is 0. The summed E-state index contributed by atoms with van der Waals surface area (Å²) in [4.78, 5) is 21.6. The summed E-state index contributed by atoms with van der Waals surface area (Å²) < 4.78 is 8.88. The molecular formula is H6Na2O4P+. The van der Waals surface area contributed by atoms with E-state index in [0.29, 0.717) is 0 Å². The van der Waals surface area contributed by atoms with Gasteiger partial charge in [0.15, 0.2) is 0 Å². The van der Waals surface area contributed by atoms with Crippen LogP contribution >= 0.6 is 7.82 Å². The summed E-state index contributed by atoms with van der Waals surface area (Å²) in [5.41, 5.74) is 0. The Bertz CT molecular complexity index is 60.2. The van der Waals surface area contributed by atoms with Crippen LogP contribution in [0.5, 0.6) is 0 Å². The first-order valence-corrected chi connectivity index (χ1v) is 2.35. The van der Waals surface area contributed by atoms with E-state index in [9.17, 15) is 0 Å². The molecule has 0 spiro atoms. The van der Waals surface area contributed by atoms with Crippen LogP contribution in [-0.4, -0.2) is 73.8 Å². The summed E-state index contributed by atoms with van der Waals surface area (Å²) in [5, 5.41) is 0. The van der Waals surface area contributed by atoms with Gasteiger partial charge in [0.25, 0.3) is 0 Å². The minimum absolute atomic E-state index is 0. The maximum atomic E-state index is 8.88. The van der Waals surface area contributed by atoms with Gasteiger partial charge >= 0.3 is 68.4 Å². The summed E-state index contributed by atoms with van der Waals surface area (Å²) in [5.74, 6) is 0. The normalized spacial score (nSPS) is 8.43. The first-order chi connectivity index (χ1) is 2.00. The molecule has 7 heavy (non-hydrogen) atoms. The summed E-state index contributed by atoms with van der Waals surface area (Å²) in [6.07, 6.45) is 0. The van der Waals surface area contributed by atoms with Crippen LogP contribution in [0.4, 0.5) is 0 Å². The van der Waals surface area contributed by atoms with E-state index in [1.54, 1.807) is 0 Å². The maximum absolute atomic E-state index is 8.88. The number of phosphoric acid groups is 1. The molecule has 3 N–H and O–H groups in total. The number of hydrogen-bond acceptors (Lipinski definition) is 1. The Morgan fingerprint density at radius 2 is 1.14 bits per heavy atom. The molecule has 0 aliphatic heterocycles. The molecule has 36 valence electrons. The van der Waals surface area contributed by atoms with Crippen LogP contribution in [0.2, 0.25) is 0 Å². The number of hydrogen-bond donors (Lipinski definition) is 3. The van der Waals surface area contributed by atoms with E-state index in [-0.39, 0.29) is 60.5 Å². The second kappa shape index (κ2) is 6.23. The van der Waals surface area contributed by atoms with Crippen molar-refractivity contribution in [3.63, 3.8) is 0 Å². The van der Waals surface area contributed by atoms with E-state index in [0.717, 1.165) is 0 Å². The molecule has 0 aromatic rings. The van der Waals surface area contributed by atoms with E-state index in [4.69, 9.17) is 19.2 Å². The molecule has 0 radical (unpaired) electrons. The van der Waals surface area contributed by atoms with E-state index >= 15 is 0 Å². The average Bonchev–Trinajstić information content (AvgIpc) is 0.722. The summed E-state index contributed by atoms with van der Waals surface area (Å²) in [7, 11) is -4.64. The van der Waals surface area contributed by atoms with Crippen molar-refractivity contribution in [1.29, 1.82) is 0 Å². The van der Waals surface area contributed by atoms with E-state index in [2.05, 4.69) is 0 Å². The van der Waals surface area contributed by atoms with Gasteiger partial charge in [0, 0.05) is 0 Å². The second-order valence-corrected chi connectivity index (χ2v) is 1.54. The van der Waals surface area contributed by atoms with Crippen molar-refractivity contribution < 1.29 is 20.7 Å². The Morgan fingerprint density at radius 3 is 1.14 bits per heavy atom. The molecule has 0 bridgehead atoms. The van der Waals surface area contributed by atoms with E-state index in [1.807, 2.05) is 0 Å². The van der Waals surface area contributed by atoms with Gasteiger partial charge in [0.2, 0.25) is 0 Å². The van der Waals surface area contributed by atoms with Gasteiger partial charge in [-0.25, -0.2) is 4.57 Å². The van der Waals surface area contributed by atoms with Gasteiger partial charge in [-0.3, -0.25) is 0 Å². The quantitative estimate of drug-likeness (QED) is 0.270. The molecule has 0 aliphatic carbocycles. The van der Waals surface area contributed by atoms with Gasteiger partial charge < -0.3 is 14.7 Å². The third-order valence-electron chi connectivity index (χ3n) is 0. The first-order valence-electron chi connectivity index (χ1n) is 0.783. The molecule has 0 fully saturated rings. The van der Waals surface area contributed by atoms with Crippen LogP contribution < -0.4 is 0 Å². The molecule has 0 rings (SSSR count). The Morgan fingerprint density at radius 1 is 1.14 bits per heavy atom. The molecular weight excluding hydrogens is 141 g/mol. The summed E-state index contributed by atoms with van der Waals surface area (Å²) >= 11 is 0. The fourth-order valence-corrected chi connectivity index (χ4v) is 0. The summed E-state index contributed by atoms with van der Waals surface area (Å²) in [6, 6.07) is 0. The van der Waals surface area contributed by atoms with Crippen LogP contribution in [0.25, 0.3) is 0 Å². The van der Waals surface area contributed by atoms with Crippen LogP contribution in [0.1, 0.15) is 1.43 Å². The van der Waals surface area contributed by atoms with Crippen LogP contribution in [0.3, 0.4) is 0 Å². The van der Waals surface area contributed by atoms with E-state index in [1.165, 1.54) is 0 Å². The van der Waals surface area contributed by atoms with Crippen LogP contribution in [0.15, 0.2) is 0 Å². The topological polar surface area (TPSA) is 77.8 Å². The molecule has 7 heteroatoms. The Labute approximate surface area is 86.6 Å². The Balaban J connectivity index is -0.0000000267. The van der Waals surface area contributed by atoms with E-state index < -0.39 is 7.82 Å². The fraction of sp³-hybridized carbons (Fsp3) is 0. The monoisotopic (exact) mass is 147 g/mol. The van der Waals surface area contributed by atoms with Crippen LogP contribution in [-0.2, 0) is 4.57 Å². The SMILES string of the molecule is O=P(O)(O)O.[H+].[NaH].[NaH]. The molecule has 0 saturated carbocycles. The standard InChI is InChI=1S/2Na.H3O4P.2H/c;;1-5(2,3)4;;/h;;(H3,1,2,3,4);;/p+1. The van der Waals surface area contributed by atoms with Crippen molar-refractivity contribution in [2.24, 2.45) is 0 Å². The predicted molar refractivity (Wildman–Crippen MR) is 29.7 cm³/mol. The second-order valence-electron chi connectivity index (χ2n) is 0.513. The molecule has 0 aliphatic rings. The molecule has 0 unspecified atom stereocenters. The Hall–Kier alpha value is 2.11. The molecule has 0 saturated heterocycles. The predicted octanol–water partition coefficient (Wildman–Crippen LogP) is -2.11. The van der Waals surface area contributed by atoms with Gasteiger partial charge in [0.05, 0.1) is 0 Å². The zero-order valence-corrected chi connectivity index (χ0v) is 3.09.